The zero-order chi connectivity index (χ0) is 11.8. The molecule has 4 N–H and O–H groups in total. The summed E-state index contributed by atoms with van der Waals surface area (Å²) in [7, 11) is 1.59. The molecule has 0 heterocycles. The SMILES string of the molecule is COc1cc(OCCCCCN)ccc1N.Cl.Cl. The zero-order valence-corrected chi connectivity index (χ0v) is 12.2. The molecule has 4 nitrogen and oxygen atoms in total. The topological polar surface area (TPSA) is 70.5 Å². The first-order chi connectivity index (χ1) is 7.77. The molecule has 0 spiro atoms. The largest absolute Gasteiger partial charge is 0.494 e. The Kier molecular flexibility index (Phi) is 12.2. The van der Waals surface area contributed by atoms with Crippen molar-refractivity contribution < 1.29 is 9.47 Å². The molecule has 18 heavy (non-hydrogen) atoms. The van der Waals surface area contributed by atoms with E-state index in [2.05, 4.69) is 0 Å². The Labute approximate surface area is 121 Å². The van der Waals surface area contributed by atoms with Crippen molar-refractivity contribution in [2.45, 2.75) is 19.3 Å². The Morgan fingerprint density at radius 1 is 1.11 bits per heavy atom. The fraction of sp³-hybridized carbons (Fsp3) is 0.500. The van der Waals surface area contributed by atoms with Gasteiger partial charge in [0.25, 0.3) is 0 Å². The number of hydrogen-bond donors (Lipinski definition) is 2. The monoisotopic (exact) mass is 296 g/mol. The predicted molar refractivity (Wildman–Crippen MR) is 80.3 cm³/mol. The molecule has 0 aromatic heterocycles. The van der Waals surface area contributed by atoms with Crippen LogP contribution in [0.1, 0.15) is 19.3 Å². The third-order valence-electron chi connectivity index (χ3n) is 2.32. The standard InChI is InChI=1S/C12H20N2O2.2ClH/c1-15-12-9-10(5-6-11(12)14)16-8-4-2-3-7-13;;/h5-6,9H,2-4,7-8,13-14H2,1H3;2*1H. The van der Waals surface area contributed by atoms with Crippen LogP contribution in [-0.2, 0) is 0 Å². The molecule has 0 fully saturated rings. The van der Waals surface area contributed by atoms with Crippen LogP contribution in [0.15, 0.2) is 18.2 Å². The fourth-order valence-electron chi connectivity index (χ4n) is 1.39. The first kappa shape index (κ1) is 19.5. The van der Waals surface area contributed by atoms with E-state index in [0.29, 0.717) is 18.0 Å². The lowest BCUT2D eigenvalue weighted by Crippen LogP contribution is -2.02. The molecular formula is C12H22Cl2N2O2. The molecule has 1 aromatic carbocycles. The van der Waals surface area contributed by atoms with E-state index in [0.717, 1.165) is 31.6 Å². The fourth-order valence-corrected chi connectivity index (χ4v) is 1.39. The highest BCUT2D eigenvalue weighted by molar-refractivity contribution is 5.85. The van der Waals surface area contributed by atoms with Gasteiger partial charge < -0.3 is 20.9 Å². The summed E-state index contributed by atoms with van der Waals surface area (Å²) in [6.07, 6.45) is 3.17. The number of nitrogen functional groups attached to an aromatic ring is 1. The molecule has 0 unspecified atom stereocenters. The van der Waals surface area contributed by atoms with Crippen molar-refractivity contribution >= 4 is 30.5 Å². The van der Waals surface area contributed by atoms with E-state index >= 15 is 0 Å². The van der Waals surface area contributed by atoms with Gasteiger partial charge in [0.15, 0.2) is 0 Å². The molecule has 1 aromatic rings. The van der Waals surface area contributed by atoms with E-state index in [1.54, 1.807) is 19.2 Å². The van der Waals surface area contributed by atoms with Crippen molar-refractivity contribution in [3.8, 4) is 11.5 Å². The van der Waals surface area contributed by atoms with Crippen LogP contribution in [0, 0.1) is 0 Å². The van der Waals surface area contributed by atoms with Crippen LogP contribution < -0.4 is 20.9 Å². The highest BCUT2D eigenvalue weighted by Gasteiger charge is 2.01. The van der Waals surface area contributed by atoms with E-state index in [-0.39, 0.29) is 24.8 Å². The second kappa shape index (κ2) is 11.3. The molecule has 0 aliphatic heterocycles. The van der Waals surface area contributed by atoms with Gasteiger partial charge in [0.2, 0.25) is 0 Å². The van der Waals surface area contributed by atoms with Crippen molar-refractivity contribution in [1.82, 2.24) is 0 Å². The van der Waals surface area contributed by atoms with E-state index in [9.17, 15) is 0 Å². The lowest BCUT2D eigenvalue weighted by atomic mass is 10.2. The maximum atomic E-state index is 5.70. The molecule has 0 bridgehead atoms. The maximum Gasteiger partial charge on any atom is 0.145 e. The van der Waals surface area contributed by atoms with Crippen molar-refractivity contribution in [3.05, 3.63) is 18.2 Å². The van der Waals surface area contributed by atoms with Gasteiger partial charge >= 0.3 is 0 Å². The number of ether oxygens (including phenoxy) is 2. The first-order valence-corrected chi connectivity index (χ1v) is 5.54. The van der Waals surface area contributed by atoms with E-state index in [1.807, 2.05) is 6.07 Å². The van der Waals surface area contributed by atoms with Gasteiger partial charge in [-0.1, -0.05) is 0 Å². The lowest BCUT2D eigenvalue weighted by molar-refractivity contribution is 0.303. The Balaban J connectivity index is 0. The van der Waals surface area contributed by atoms with Crippen LogP contribution in [0.25, 0.3) is 0 Å². The third kappa shape index (κ3) is 6.79. The number of halogens is 2. The molecule has 0 saturated carbocycles. The minimum atomic E-state index is 0. The van der Waals surface area contributed by atoms with Crippen LogP contribution in [0.3, 0.4) is 0 Å². The quantitative estimate of drug-likeness (QED) is 0.599. The average molecular weight is 297 g/mol. The Hall–Kier alpha value is -0.840. The normalized spacial score (nSPS) is 9.00. The molecule has 0 atom stereocenters. The average Bonchev–Trinajstić information content (AvgIpc) is 2.31. The highest BCUT2D eigenvalue weighted by atomic mass is 35.5. The molecular weight excluding hydrogens is 275 g/mol. The molecule has 106 valence electrons. The smallest absolute Gasteiger partial charge is 0.145 e. The molecule has 0 aliphatic carbocycles. The summed E-state index contributed by atoms with van der Waals surface area (Å²) in [5.74, 6) is 1.44. The second-order valence-electron chi connectivity index (χ2n) is 3.60. The van der Waals surface area contributed by atoms with Crippen LogP contribution in [0.4, 0.5) is 5.69 Å². The Bertz CT molecular complexity index is 325. The number of benzene rings is 1. The van der Waals surface area contributed by atoms with Crippen molar-refractivity contribution in [3.63, 3.8) is 0 Å². The second-order valence-corrected chi connectivity index (χ2v) is 3.60. The van der Waals surface area contributed by atoms with Crippen molar-refractivity contribution in [1.29, 1.82) is 0 Å². The summed E-state index contributed by atoms with van der Waals surface area (Å²) in [5, 5.41) is 0. The van der Waals surface area contributed by atoms with Gasteiger partial charge in [0.1, 0.15) is 11.5 Å². The highest BCUT2D eigenvalue weighted by Crippen LogP contribution is 2.26. The summed E-state index contributed by atoms with van der Waals surface area (Å²) < 4.78 is 10.7. The van der Waals surface area contributed by atoms with Crippen molar-refractivity contribution in [2.75, 3.05) is 26.0 Å². The van der Waals surface area contributed by atoms with E-state index in [4.69, 9.17) is 20.9 Å². The van der Waals surface area contributed by atoms with Crippen molar-refractivity contribution in [2.24, 2.45) is 5.73 Å². The number of rotatable bonds is 7. The van der Waals surface area contributed by atoms with Gasteiger partial charge in [-0.2, -0.15) is 0 Å². The van der Waals surface area contributed by atoms with Crippen LogP contribution >= 0.6 is 24.8 Å². The Morgan fingerprint density at radius 3 is 2.44 bits per heavy atom. The number of nitrogens with two attached hydrogens (primary N) is 2. The van der Waals surface area contributed by atoms with Gasteiger partial charge in [0.05, 0.1) is 19.4 Å². The van der Waals surface area contributed by atoms with Gasteiger partial charge in [-0.15, -0.1) is 24.8 Å². The zero-order valence-electron chi connectivity index (χ0n) is 10.6. The Morgan fingerprint density at radius 2 is 1.83 bits per heavy atom. The summed E-state index contributed by atoms with van der Waals surface area (Å²) in [6.45, 7) is 1.45. The number of methoxy groups -OCH3 is 1. The van der Waals surface area contributed by atoms with Crippen LogP contribution in [-0.4, -0.2) is 20.3 Å². The van der Waals surface area contributed by atoms with Gasteiger partial charge in [-0.25, -0.2) is 0 Å². The van der Waals surface area contributed by atoms with Gasteiger partial charge in [0, 0.05) is 6.07 Å². The van der Waals surface area contributed by atoms with Crippen LogP contribution in [0.2, 0.25) is 0 Å². The summed E-state index contributed by atoms with van der Waals surface area (Å²) in [6, 6.07) is 5.44. The minimum Gasteiger partial charge on any atom is -0.494 e. The summed E-state index contributed by atoms with van der Waals surface area (Å²) in [5.41, 5.74) is 11.7. The molecule has 0 radical (unpaired) electrons. The number of hydrogen-bond acceptors (Lipinski definition) is 4. The first-order valence-electron chi connectivity index (χ1n) is 5.54. The predicted octanol–water partition coefficient (Wildman–Crippen LogP) is 2.63. The number of unbranched alkanes of at least 4 members (excludes halogenated alkanes) is 2. The van der Waals surface area contributed by atoms with E-state index < -0.39 is 0 Å². The van der Waals surface area contributed by atoms with Gasteiger partial charge in [-0.3, -0.25) is 0 Å². The molecule has 0 amide bonds. The summed E-state index contributed by atoms with van der Waals surface area (Å²) >= 11 is 0. The molecule has 1 rings (SSSR count). The molecule has 0 saturated heterocycles. The lowest BCUT2D eigenvalue weighted by Gasteiger charge is -2.09. The van der Waals surface area contributed by atoms with E-state index in [1.165, 1.54) is 0 Å². The third-order valence-corrected chi connectivity index (χ3v) is 2.32. The minimum absolute atomic E-state index is 0. The molecule has 0 aliphatic rings. The van der Waals surface area contributed by atoms with Crippen LogP contribution in [0.5, 0.6) is 11.5 Å². The molecule has 6 heteroatoms. The van der Waals surface area contributed by atoms with Gasteiger partial charge in [-0.05, 0) is 37.9 Å². The maximum absolute atomic E-state index is 5.70. The summed E-state index contributed by atoms with van der Waals surface area (Å²) in [4.78, 5) is 0. The number of anilines is 1.